The molecule has 6 heteroatoms. The monoisotopic (exact) mass is 243 g/mol. The highest BCUT2D eigenvalue weighted by Gasteiger charge is 2.35. The lowest BCUT2D eigenvalue weighted by Crippen LogP contribution is -2.52. The Kier molecular flexibility index (Phi) is 5.95. The van der Waals surface area contributed by atoms with Gasteiger partial charge in [-0.2, -0.15) is 0 Å². The number of carboxylic acid groups (broad SMARTS) is 2. The molecule has 0 radical (unpaired) electrons. The molecule has 0 aromatic heterocycles. The standard InChI is InChI=1S/C11H17NO5/c1-4-7(10(14)15)12(9(13)6-3)8(5-2)11(16)17/h6-8H,3-5H2,1-2H3,(H,14,15)(H,16,17). The van der Waals surface area contributed by atoms with E-state index in [1.807, 2.05) is 0 Å². The van der Waals surface area contributed by atoms with Crippen LogP contribution in [0.2, 0.25) is 0 Å². The minimum Gasteiger partial charge on any atom is -0.480 e. The summed E-state index contributed by atoms with van der Waals surface area (Å²) in [5.41, 5.74) is 0. The van der Waals surface area contributed by atoms with Crippen molar-refractivity contribution in [1.29, 1.82) is 0 Å². The molecule has 0 heterocycles. The Balaban J connectivity index is 5.37. The third-order valence-electron chi connectivity index (χ3n) is 2.44. The van der Waals surface area contributed by atoms with Crippen LogP contribution in [0.3, 0.4) is 0 Å². The summed E-state index contributed by atoms with van der Waals surface area (Å²) in [5.74, 6) is -3.13. The maximum atomic E-state index is 11.6. The first-order valence-electron chi connectivity index (χ1n) is 5.30. The number of rotatable bonds is 7. The highest BCUT2D eigenvalue weighted by molar-refractivity contribution is 5.94. The molecule has 96 valence electrons. The van der Waals surface area contributed by atoms with E-state index >= 15 is 0 Å². The van der Waals surface area contributed by atoms with E-state index in [-0.39, 0.29) is 12.8 Å². The van der Waals surface area contributed by atoms with Crippen LogP contribution in [0.25, 0.3) is 0 Å². The van der Waals surface area contributed by atoms with Crippen molar-refractivity contribution in [3.05, 3.63) is 12.7 Å². The number of aliphatic carboxylic acids is 2. The Labute approximate surface area is 99.5 Å². The average molecular weight is 243 g/mol. The summed E-state index contributed by atoms with van der Waals surface area (Å²) in [6.07, 6.45) is 1.20. The summed E-state index contributed by atoms with van der Waals surface area (Å²) in [4.78, 5) is 34.5. The lowest BCUT2D eigenvalue weighted by molar-refractivity contribution is -0.157. The van der Waals surface area contributed by atoms with E-state index in [9.17, 15) is 14.4 Å². The number of carboxylic acids is 2. The zero-order valence-electron chi connectivity index (χ0n) is 9.92. The van der Waals surface area contributed by atoms with Gasteiger partial charge in [0.15, 0.2) is 0 Å². The number of amides is 1. The van der Waals surface area contributed by atoms with Crippen LogP contribution in [0, 0.1) is 0 Å². The van der Waals surface area contributed by atoms with Gasteiger partial charge in [-0.1, -0.05) is 20.4 Å². The fraction of sp³-hybridized carbons (Fsp3) is 0.545. The molecule has 1 amide bonds. The van der Waals surface area contributed by atoms with Crippen LogP contribution in [-0.2, 0) is 14.4 Å². The molecule has 0 saturated heterocycles. The van der Waals surface area contributed by atoms with Gasteiger partial charge in [0.2, 0.25) is 5.91 Å². The second-order valence-corrected chi connectivity index (χ2v) is 3.47. The van der Waals surface area contributed by atoms with Crippen LogP contribution in [0.5, 0.6) is 0 Å². The first-order valence-corrected chi connectivity index (χ1v) is 5.30. The van der Waals surface area contributed by atoms with Gasteiger partial charge in [-0.25, -0.2) is 9.59 Å². The lowest BCUT2D eigenvalue weighted by Gasteiger charge is -2.32. The molecule has 0 aromatic rings. The summed E-state index contributed by atoms with van der Waals surface area (Å²) < 4.78 is 0. The van der Waals surface area contributed by atoms with Gasteiger partial charge in [0, 0.05) is 0 Å². The molecular formula is C11H17NO5. The maximum absolute atomic E-state index is 11.6. The topological polar surface area (TPSA) is 94.9 Å². The molecule has 2 unspecified atom stereocenters. The first kappa shape index (κ1) is 15.2. The predicted molar refractivity (Wildman–Crippen MR) is 60.5 cm³/mol. The molecule has 0 fully saturated rings. The highest BCUT2D eigenvalue weighted by atomic mass is 16.4. The number of hydrogen-bond acceptors (Lipinski definition) is 3. The third-order valence-corrected chi connectivity index (χ3v) is 2.44. The Morgan fingerprint density at radius 1 is 1.12 bits per heavy atom. The van der Waals surface area contributed by atoms with Gasteiger partial charge in [0.25, 0.3) is 0 Å². The highest BCUT2D eigenvalue weighted by Crippen LogP contribution is 2.14. The van der Waals surface area contributed by atoms with Crippen LogP contribution in [0.15, 0.2) is 12.7 Å². The summed E-state index contributed by atoms with van der Waals surface area (Å²) in [6.45, 7) is 6.42. The summed E-state index contributed by atoms with van der Waals surface area (Å²) in [6, 6.07) is -2.30. The van der Waals surface area contributed by atoms with Crippen LogP contribution in [0.1, 0.15) is 26.7 Å². The fourth-order valence-corrected chi connectivity index (χ4v) is 1.61. The second kappa shape index (κ2) is 6.67. The molecule has 17 heavy (non-hydrogen) atoms. The molecule has 0 spiro atoms. The number of carbonyl (C=O) groups excluding carboxylic acids is 1. The molecule has 0 aliphatic heterocycles. The van der Waals surface area contributed by atoms with Gasteiger partial charge in [-0.05, 0) is 18.9 Å². The van der Waals surface area contributed by atoms with Gasteiger partial charge >= 0.3 is 11.9 Å². The molecule has 6 nitrogen and oxygen atoms in total. The quantitative estimate of drug-likeness (QED) is 0.643. The molecule has 0 aliphatic rings. The van der Waals surface area contributed by atoms with E-state index < -0.39 is 29.9 Å². The van der Waals surface area contributed by atoms with Crippen LogP contribution < -0.4 is 0 Å². The van der Waals surface area contributed by atoms with Crippen LogP contribution >= 0.6 is 0 Å². The van der Waals surface area contributed by atoms with E-state index in [4.69, 9.17) is 10.2 Å². The molecular weight excluding hydrogens is 226 g/mol. The SMILES string of the molecule is C=CC(=O)N(C(CC)C(=O)O)C(CC)C(=O)O. The molecule has 0 aromatic carbocycles. The zero-order chi connectivity index (χ0) is 13.6. The van der Waals surface area contributed by atoms with Gasteiger partial charge in [0.1, 0.15) is 12.1 Å². The smallest absolute Gasteiger partial charge is 0.326 e. The first-order chi connectivity index (χ1) is 7.90. The van der Waals surface area contributed by atoms with Crippen molar-refractivity contribution in [2.75, 3.05) is 0 Å². The number of hydrogen-bond donors (Lipinski definition) is 2. The average Bonchev–Trinajstić information content (AvgIpc) is 2.27. The maximum Gasteiger partial charge on any atom is 0.326 e. The molecule has 0 bridgehead atoms. The molecule has 2 atom stereocenters. The largest absolute Gasteiger partial charge is 0.480 e. The molecule has 0 aliphatic carbocycles. The van der Waals surface area contributed by atoms with E-state index in [0.717, 1.165) is 11.0 Å². The number of carbonyl (C=O) groups is 3. The molecule has 0 saturated carbocycles. The summed E-state index contributed by atoms with van der Waals surface area (Å²) in [7, 11) is 0. The molecule has 0 rings (SSSR count). The lowest BCUT2D eigenvalue weighted by atomic mass is 10.1. The van der Waals surface area contributed by atoms with Gasteiger partial charge in [-0.15, -0.1) is 0 Å². The van der Waals surface area contributed by atoms with Gasteiger partial charge in [0.05, 0.1) is 0 Å². The predicted octanol–water partition coefficient (Wildman–Crippen LogP) is 0.727. The molecule has 2 N–H and O–H groups in total. The van der Waals surface area contributed by atoms with Crippen molar-refractivity contribution in [1.82, 2.24) is 4.90 Å². The zero-order valence-corrected chi connectivity index (χ0v) is 9.92. The van der Waals surface area contributed by atoms with Gasteiger partial charge in [-0.3, -0.25) is 4.79 Å². The van der Waals surface area contributed by atoms with E-state index in [1.165, 1.54) is 0 Å². The minimum atomic E-state index is -1.22. The normalized spacial score (nSPS) is 13.5. The fourth-order valence-electron chi connectivity index (χ4n) is 1.61. The Bertz CT molecular complexity index is 304. The summed E-state index contributed by atoms with van der Waals surface area (Å²) in [5, 5.41) is 18.0. The third kappa shape index (κ3) is 3.58. The Hall–Kier alpha value is -1.85. The van der Waals surface area contributed by atoms with Crippen molar-refractivity contribution >= 4 is 17.8 Å². The van der Waals surface area contributed by atoms with E-state index in [2.05, 4.69) is 6.58 Å². The van der Waals surface area contributed by atoms with Crippen molar-refractivity contribution in [3.63, 3.8) is 0 Å². The van der Waals surface area contributed by atoms with E-state index in [0.29, 0.717) is 0 Å². The minimum absolute atomic E-state index is 0.138. The Morgan fingerprint density at radius 2 is 1.47 bits per heavy atom. The van der Waals surface area contributed by atoms with Crippen molar-refractivity contribution in [2.24, 2.45) is 0 Å². The van der Waals surface area contributed by atoms with Crippen molar-refractivity contribution in [3.8, 4) is 0 Å². The Morgan fingerprint density at radius 3 is 1.65 bits per heavy atom. The van der Waals surface area contributed by atoms with Crippen LogP contribution in [-0.4, -0.2) is 45.0 Å². The van der Waals surface area contributed by atoms with Crippen molar-refractivity contribution in [2.45, 2.75) is 38.8 Å². The van der Waals surface area contributed by atoms with Crippen molar-refractivity contribution < 1.29 is 24.6 Å². The van der Waals surface area contributed by atoms with Gasteiger partial charge < -0.3 is 15.1 Å². The number of nitrogens with zero attached hydrogens (tertiary/aromatic N) is 1. The second-order valence-electron chi connectivity index (χ2n) is 3.47. The van der Waals surface area contributed by atoms with E-state index in [1.54, 1.807) is 13.8 Å². The summed E-state index contributed by atoms with van der Waals surface area (Å²) >= 11 is 0. The van der Waals surface area contributed by atoms with Crippen LogP contribution in [0.4, 0.5) is 0 Å².